The summed E-state index contributed by atoms with van der Waals surface area (Å²) in [5, 5.41) is 33.2. The average Bonchev–Trinajstić information content (AvgIpc) is 2.89. The predicted molar refractivity (Wildman–Crippen MR) is 140 cm³/mol. The quantitative estimate of drug-likeness (QED) is 0.263. The Kier molecular flexibility index (Phi) is 10.1. The van der Waals surface area contributed by atoms with Crippen molar-refractivity contribution in [2.45, 2.75) is 74.3 Å². The average molecular weight is 532 g/mol. The van der Waals surface area contributed by atoms with Gasteiger partial charge in [-0.1, -0.05) is 57.0 Å². The first-order valence-corrected chi connectivity index (χ1v) is 13.7. The molecular weight excluding hydrogens is 494 g/mol. The minimum absolute atomic E-state index is 0.211. The molecule has 2 aromatic carbocycles. The van der Waals surface area contributed by atoms with Gasteiger partial charge in [0.05, 0.1) is 18.1 Å². The molecule has 0 aliphatic rings. The van der Waals surface area contributed by atoms with Crippen molar-refractivity contribution in [2.24, 2.45) is 11.1 Å². The third-order valence-electron chi connectivity index (χ3n) is 7.43. The number of hydrogen-bond acceptors (Lipinski definition) is 7. The number of methoxy groups -OCH3 is 1. The van der Waals surface area contributed by atoms with Crippen LogP contribution in [0.25, 0.3) is 0 Å². The molecule has 9 nitrogen and oxygen atoms in total. The lowest BCUT2D eigenvalue weighted by molar-refractivity contribution is 0.00173. The Balaban J connectivity index is 2.71. The van der Waals surface area contributed by atoms with E-state index in [9.17, 15) is 23.4 Å². The fraction of sp³-hybridized carbons (Fsp3) is 0.481. The molecule has 0 bridgehead atoms. The Morgan fingerprint density at radius 1 is 1.05 bits per heavy atom. The number of benzene rings is 2. The molecule has 0 aliphatic carbocycles. The minimum atomic E-state index is -4.62. The molecule has 0 radical (unpaired) electrons. The summed E-state index contributed by atoms with van der Waals surface area (Å²) in [6.07, 6.45) is 0.0899. The number of aliphatic hydroxyl groups is 1. The number of hydrogen-bond donors (Lipinski definition) is 4. The van der Waals surface area contributed by atoms with Gasteiger partial charge < -0.3 is 20.7 Å². The van der Waals surface area contributed by atoms with E-state index < -0.39 is 31.9 Å². The van der Waals surface area contributed by atoms with Gasteiger partial charge in [-0.2, -0.15) is 5.26 Å². The van der Waals surface area contributed by atoms with Gasteiger partial charge in [0.1, 0.15) is 11.4 Å². The maximum Gasteiger partial charge on any atom is 0.406 e. The number of nitrogens with one attached hydrogen (secondary N) is 1. The number of rotatable bonds is 14. The van der Waals surface area contributed by atoms with Crippen LogP contribution in [-0.2, 0) is 16.3 Å². The van der Waals surface area contributed by atoms with E-state index in [2.05, 4.69) is 11.4 Å². The fourth-order valence-corrected chi connectivity index (χ4v) is 6.63. The summed E-state index contributed by atoms with van der Waals surface area (Å²) in [7, 11) is -3.18. The molecule has 2 aromatic rings. The molecule has 2 atom stereocenters. The third kappa shape index (κ3) is 6.60. The second kappa shape index (κ2) is 12.4. The van der Waals surface area contributed by atoms with Crippen LogP contribution in [0.3, 0.4) is 0 Å². The molecule has 0 saturated heterocycles. The summed E-state index contributed by atoms with van der Waals surface area (Å²) in [5.74, 6) is 0.418. The fourth-order valence-electron chi connectivity index (χ4n) is 4.77. The van der Waals surface area contributed by atoms with Crippen molar-refractivity contribution < 1.29 is 28.2 Å². The van der Waals surface area contributed by atoms with Crippen LogP contribution in [0.4, 0.5) is 4.79 Å². The van der Waals surface area contributed by atoms with Gasteiger partial charge in [-0.3, -0.25) is 5.32 Å². The van der Waals surface area contributed by atoms with E-state index in [0.717, 1.165) is 0 Å². The Morgan fingerprint density at radius 2 is 1.65 bits per heavy atom. The van der Waals surface area contributed by atoms with Gasteiger partial charge in [-0.05, 0) is 54.5 Å². The first-order chi connectivity index (χ1) is 17.4. The van der Waals surface area contributed by atoms with Gasteiger partial charge in [0.2, 0.25) is 14.8 Å². The highest BCUT2D eigenvalue weighted by Gasteiger charge is 2.59. The molecular formula is C27H37N3O6S. The molecule has 0 spiro atoms. The molecule has 37 heavy (non-hydrogen) atoms. The molecule has 0 aromatic heterocycles. The first kappa shape index (κ1) is 30.1. The van der Waals surface area contributed by atoms with Crippen molar-refractivity contribution >= 4 is 15.9 Å². The molecule has 10 heteroatoms. The monoisotopic (exact) mass is 531 g/mol. The van der Waals surface area contributed by atoms with Crippen molar-refractivity contribution in [3.8, 4) is 11.8 Å². The summed E-state index contributed by atoms with van der Waals surface area (Å²) < 4.78 is 33.4. The van der Waals surface area contributed by atoms with Crippen LogP contribution < -0.4 is 15.8 Å². The number of carboxylic acid groups (broad SMARTS) is 1. The van der Waals surface area contributed by atoms with Crippen molar-refractivity contribution in [1.29, 1.82) is 5.26 Å². The van der Waals surface area contributed by atoms with Gasteiger partial charge in [0, 0.05) is 12.8 Å². The molecule has 2 rings (SSSR count). The van der Waals surface area contributed by atoms with E-state index in [-0.39, 0.29) is 30.6 Å². The van der Waals surface area contributed by atoms with Crippen molar-refractivity contribution in [3.05, 3.63) is 60.2 Å². The molecule has 0 aliphatic heterocycles. The maximum atomic E-state index is 14.1. The van der Waals surface area contributed by atoms with Crippen LogP contribution >= 0.6 is 0 Å². The van der Waals surface area contributed by atoms with Crippen LogP contribution in [0.2, 0.25) is 0 Å². The molecule has 0 fully saturated rings. The second-order valence-corrected chi connectivity index (χ2v) is 11.5. The Bertz CT molecular complexity index is 1180. The molecule has 1 amide bonds. The van der Waals surface area contributed by atoms with Crippen molar-refractivity contribution in [2.75, 3.05) is 7.11 Å². The van der Waals surface area contributed by atoms with Crippen molar-refractivity contribution in [3.63, 3.8) is 0 Å². The molecule has 0 heterocycles. The molecule has 0 saturated carbocycles. The number of amides is 1. The van der Waals surface area contributed by atoms with Gasteiger partial charge in [-0.15, -0.1) is 0 Å². The molecule has 0 unspecified atom stereocenters. The largest absolute Gasteiger partial charge is 0.497 e. The summed E-state index contributed by atoms with van der Waals surface area (Å²) in [4.78, 5) is 8.95. The minimum Gasteiger partial charge on any atom is -0.497 e. The highest BCUT2D eigenvalue weighted by Crippen LogP contribution is 2.44. The van der Waals surface area contributed by atoms with Gasteiger partial charge >= 0.3 is 6.09 Å². The molecule has 202 valence electrons. The zero-order valence-corrected chi connectivity index (χ0v) is 22.4. The van der Waals surface area contributed by atoms with Gasteiger partial charge in [-0.25, -0.2) is 13.2 Å². The van der Waals surface area contributed by atoms with Crippen LogP contribution in [-0.4, -0.2) is 42.4 Å². The van der Waals surface area contributed by atoms with Gasteiger partial charge in [0.15, 0.2) is 0 Å². The second-order valence-electron chi connectivity index (χ2n) is 9.39. The van der Waals surface area contributed by atoms with E-state index in [1.54, 1.807) is 30.3 Å². The standard InChI is InChI=1S/C27H37N3O6S/c1-4-25(5-2,16-9-19-28)17-18-27(33,37(34,35)23-14-12-22(36-3)13-15-23)26(29,30-24(31)32)20-21-10-7-6-8-11-21/h6-8,10-15,30,33H,4-5,9,16-18,20,29H2,1-3H3,(H,31,32)/t26-,27+/m0/s1. The number of nitrogens with two attached hydrogens (primary N) is 1. The van der Waals surface area contributed by atoms with E-state index in [0.29, 0.717) is 30.6 Å². The first-order valence-electron chi connectivity index (χ1n) is 12.2. The van der Waals surface area contributed by atoms with Crippen molar-refractivity contribution in [1.82, 2.24) is 5.32 Å². The van der Waals surface area contributed by atoms with Crippen LogP contribution in [0.15, 0.2) is 59.5 Å². The van der Waals surface area contributed by atoms with Gasteiger partial charge in [0.25, 0.3) is 0 Å². The van der Waals surface area contributed by atoms with E-state index in [1.165, 1.54) is 31.4 Å². The normalized spacial score (nSPS) is 15.1. The lowest BCUT2D eigenvalue weighted by atomic mass is 9.73. The smallest absolute Gasteiger partial charge is 0.406 e. The number of ether oxygens (including phenoxy) is 1. The lowest BCUT2D eigenvalue weighted by Gasteiger charge is -2.45. The Labute approximate surface area is 219 Å². The highest BCUT2D eigenvalue weighted by atomic mass is 32.2. The van der Waals surface area contributed by atoms with E-state index >= 15 is 0 Å². The number of sulfone groups is 1. The number of nitriles is 1. The summed E-state index contributed by atoms with van der Waals surface area (Å²) in [6.45, 7) is 3.90. The molecule has 5 N–H and O–H groups in total. The SMILES string of the molecule is CCC(CC)(CCC#N)CC[C@](O)([C@](N)(Cc1ccccc1)NC(=O)O)S(=O)(=O)c1ccc(OC)cc1. The number of nitrogens with zero attached hydrogens (tertiary/aromatic N) is 1. The van der Waals surface area contributed by atoms with Crippen LogP contribution in [0.5, 0.6) is 5.75 Å². The lowest BCUT2D eigenvalue weighted by Crippen LogP contribution is -2.74. The predicted octanol–water partition coefficient (Wildman–Crippen LogP) is 4.21. The maximum absolute atomic E-state index is 14.1. The summed E-state index contributed by atoms with van der Waals surface area (Å²) >= 11 is 0. The topological polar surface area (TPSA) is 163 Å². The highest BCUT2D eigenvalue weighted by molar-refractivity contribution is 7.92. The summed E-state index contributed by atoms with van der Waals surface area (Å²) in [5.41, 5.74) is 4.41. The summed E-state index contributed by atoms with van der Waals surface area (Å²) in [6, 6.07) is 16.2. The van der Waals surface area contributed by atoms with E-state index in [1.807, 2.05) is 13.8 Å². The Hall–Kier alpha value is -3.13. The third-order valence-corrected chi connectivity index (χ3v) is 9.78. The van der Waals surface area contributed by atoms with Crippen LogP contribution in [0.1, 0.15) is 57.9 Å². The zero-order chi connectivity index (χ0) is 27.7. The van der Waals surface area contributed by atoms with Crippen LogP contribution in [0, 0.1) is 16.7 Å². The van der Waals surface area contributed by atoms with E-state index in [4.69, 9.17) is 15.7 Å². The number of carbonyl (C=O) groups is 1. The Morgan fingerprint density at radius 3 is 2.14 bits per heavy atom. The zero-order valence-electron chi connectivity index (χ0n) is 21.6.